The molecule has 0 atom stereocenters. The fourth-order valence-electron chi connectivity index (χ4n) is 3.44. The zero-order chi connectivity index (χ0) is 23.4. The molecule has 0 spiro atoms. The molecule has 33 heavy (non-hydrogen) atoms. The van der Waals surface area contributed by atoms with E-state index in [4.69, 9.17) is 4.42 Å². The molecule has 0 fully saturated rings. The van der Waals surface area contributed by atoms with Crippen LogP contribution in [0.4, 0.5) is 10.1 Å². The smallest absolute Gasteiger partial charge is 0.251 e. The number of para-hydroxylation sites is 1. The highest BCUT2D eigenvalue weighted by Crippen LogP contribution is 2.29. The molecule has 0 radical (unpaired) electrons. The molecule has 4 aromatic rings. The lowest BCUT2D eigenvalue weighted by Gasteiger charge is -2.07. The van der Waals surface area contributed by atoms with Gasteiger partial charge in [0.1, 0.15) is 17.3 Å². The lowest BCUT2D eigenvalue weighted by atomic mass is 10.0. The van der Waals surface area contributed by atoms with Gasteiger partial charge in [0.05, 0.1) is 17.8 Å². The molecule has 0 saturated carbocycles. The number of carbonyl (C=O) groups is 2. The van der Waals surface area contributed by atoms with Crippen molar-refractivity contribution in [1.29, 1.82) is 0 Å². The van der Waals surface area contributed by atoms with Crippen LogP contribution in [-0.4, -0.2) is 16.8 Å². The van der Waals surface area contributed by atoms with Crippen LogP contribution in [0.2, 0.25) is 0 Å². The topological polar surface area (TPSA) is 84.2 Å². The highest BCUT2D eigenvalue weighted by atomic mass is 19.1. The maximum Gasteiger partial charge on any atom is 0.251 e. The Morgan fingerprint density at radius 3 is 2.30 bits per heavy atom. The first kappa shape index (κ1) is 22.0. The number of benzene rings is 3. The first-order valence-corrected chi connectivity index (χ1v) is 10.4. The molecule has 0 bridgehead atoms. The van der Waals surface area contributed by atoms with Crippen molar-refractivity contribution in [2.75, 3.05) is 5.32 Å². The number of nitrogens with zero attached hydrogens (tertiary/aromatic N) is 1. The summed E-state index contributed by atoms with van der Waals surface area (Å²) in [5.74, 6) is 0.136. The summed E-state index contributed by atoms with van der Waals surface area (Å²) in [6, 6.07) is 20.4. The first-order valence-electron chi connectivity index (χ1n) is 10.4. The zero-order valence-electron chi connectivity index (χ0n) is 18.2. The molecule has 1 heterocycles. The fraction of sp³-hybridized carbons (Fsp3) is 0.115. The normalized spacial score (nSPS) is 10.6. The van der Waals surface area contributed by atoms with Crippen LogP contribution in [0, 0.1) is 12.7 Å². The van der Waals surface area contributed by atoms with Crippen molar-refractivity contribution in [3.63, 3.8) is 0 Å². The highest BCUT2D eigenvalue weighted by molar-refractivity contribution is 5.95. The third-order valence-electron chi connectivity index (χ3n) is 5.11. The monoisotopic (exact) mass is 443 g/mol. The van der Waals surface area contributed by atoms with E-state index in [1.165, 1.54) is 13.0 Å². The van der Waals surface area contributed by atoms with Gasteiger partial charge in [-0.25, -0.2) is 9.37 Å². The van der Waals surface area contributed by atoms with Crippen LogP contribution in [0.25, 0.3) is 22.6 Å². The second-order valence-electron chi connectivity index (χ2n) is 7.49. The van der Waals surface area contributed by atoms with Crippen LogP contribution in [0.5, 0.6) is 0 Å². The van der Waals surface area contributed by atoms with Crippen LogP contribution in [0.15, 0.2) is 77.2 Å². The SMILES string of the molecule is CC(=O)Nc1ccccc1-c1nc(CNC(=O)c2ccc(-c3ccccc3F)cc2)c(C)o1. The number of aromatic nitrogens is 1. The Morgan fingerprint density at radius 1 is 0.939 bits per heavy atom. The summed E-state index contributed by atoms with van der Waals surface area (Å²) < 4.78 is 19.8. The Balaban J connectivity index is 1.46. The average Bonchev–Trinajstić information content (AvgIpc) is 3.18. The summed E-state index contributed by atoms with van der Waals surface area (Å²) in [5, 5.41) is 5.59. The van der Waals surface area contributed by atoms with Crippen LogP contribution < -0.4 is 10.6 Å². The molecular weight excluding hydrogens is 421 g/mol. The molecule has 6 nitrogen and oxygen atoms in total. The molecule has 2 amide bonds. The Bertz CT molecular complexity index is 1310. The average molecular weight is 443 g/mol. The van der Waals surface area contributed by atoms with E-state index in [1.807, 2.05) is 12.1 Å². The summed E-state index contributed by atoms with van der Waals surface area (Å²) in [6.45, 7) is 3.37. The van der Waals surface area contributed by atoms with Crippen molar-refractivity contribution in [3.05, 3.63) is 95.6 Å². The minimum Gasteiger partial charge on any atom is -0.441 e. The quantitative estimate of drug-likeness (QED) is 0.421. The molecule has 0 aliphatic carbocycles. The number of rotatable bonds is 6. The second kappa shape index (κ2) is 9.48. The minimum atomic E-state index is -0.313. The third kappa shape index (κ3) is 4.98. The van der Waals surface area contributed by atoms with Gasteiger partial charge >= 0.3 is 0 Å². The largest absolute Gasteiger partial charge is 0.441 e. The third-order valence-corrected chi connectivity index (χ3v) is 5.11. The number of halogens is 1. The van der Waals surface area contributed by atoms with Crippen molar-refractivity contribution in [2.45, 2.75) is 20.4 Å². The Morgan fingerprint density at radius 2 is 1.61 bits per heavy atom. The number of aryl methyl sites for hydroxylation is 1. The molecule has 166 valence electrons. The fourth-order valence-corrected chi connectivity index (χ4v) is 3.44. The van der Waals surface area contributed by atoms with E-state index in [0.29, 0.717) is 45.3 Å². The Kier molecular flexibility index (Phi) is 6.31. The van der Waals surface area contributed by atoms with Gasteiger partial charge in [-0.1, -0.05) is 42.5 Å². The predicted molar refractivity (Wildman–Crippen MR) is 124 cm³/mol. The van der Waals surface area contributed by atoms with E-state index < -0.39 is 0 Å². The number of carbonyl (C=O) groups excluding carboxylic acids is 2. The standard InChI is InChI=1S/C26H22FN3O3/c1-16-24(30-26(33-16)21-8-4-6-10-23(21)29-17(2)31)15-28-25(32)19-13-11-18(12-14-19)20-7-3-5-9-22(20)27/h3-14H,15H2,1-2H3,(H,28,32)(H,29,31). The molecule has 0 unspecified atom stereocenters. The van der Waals surface area contributed by atoms with Gasteiger partial charge < -0.3 is 15.1 Å². The molecule has 4 rings (SSSR count). The van der Waals surface area contributed by atoms with Gasteiger partial charge in [0.15, 0.2) is 0 Å². The molecular formula is C26H22FN3O3. The lowest BCUT2D eigenvalue weighted by Crippen LogP contribution is -2.23. The molecule has 3 aromatic carbocycles. The van der Waals surface area contributed by atoms with Crippen LogP contribution >= 0.6 is 0 Å². The van der Waals surface area contributed by atoms with E-state index >= 15 is 0 Å². The second-order valence-corrected chi connectivity index (χ2v) is 7.49. The van der Waals surface area contributed by atoms with Crippen LogP contribution in [0.3, 0.4) is 0 Å². The van der Waals surface area contributed by atoms with Gasteiger partial charge in [-0.3, -0.25) is 9.59 Å². The molecule has 0 aliphatic rings. The number of hydrogen-bond acceptors (Lipinski definition) is 4. The summed E-state index contributed by atoms with van der Waals surface area (Å²) in [6.07, 6.45) is 0. The van der Waals surface area contributed by atoms with Crippen molar-refractivity contribution in [2.24, 2.45) is 0 Å². The number of oxazole rings is 1. The molecule has 0 saturated heterocycles. The van der Waals surface area contributed by atoms with Crippen molar-refractivity contribution in [1.82, 2.24) is 10.3 Å². The maximum atomic E-state index is 14.0. The number of amides is 2. The van der Waals surface area contributed by atoms with E-state index in [0.717, 1.165) is 0 Å². The molecule has 2 N–H and O–H groups in total. The Hall–Kier alpha value is -4.26. The van der Waals surface area contributed by atoms with Crippen LogP contribution in [0.1, 0.15) is 28.7 Å². The van der Waals surface area contributed by atoms with E-state index in [2.05, 4.69) is 15.6 Å². The van der Waals surface area contributed by atoms with Crippen molar-refractivity contribution < 1.29 is 18.4 Å². The molecule has 0 aliphatic heterocycles. The minimum absolute atomic E-state index is 0.172. The van der Waals surface area contributed by atoms with Crippen molar-refractivity contribution in [3.8, 4) is 22.6 Å². The maximum absolute atomic E-state index is 14.0. The number of hydrogen-bond donors (Lipinski definition) is 2. The van der Waals surface area contributed by atoms with Gasteiger partial charge in [-0.05, 0) is 42.8 Å². The molecule has 1 aromatic heterocycles. The van der Waals surface area contributed by atoms with E-state index in [9.17, 15) is 14.0 Å². The summed E-state index contributed by atoms with van der Waals surface area (Å²) in [5.41, 5.74) is 3.45. The number of nitrogens with one attached hydrogen (secondary N) is 2. The van der Waals surface area contributed by atoms with E-state index in [1.54, 1.807) is 61.5 Å². The van der Waals surface area contributed by atoms with Gasteiger partial charge in [0.2, 0.25) is 11.8 Å². The summed E-state index contributed by atoms with van der Waals surface area (Å²) in [4.78, 5) is 28.6. The highest BCUT2D eigenvalue weighted by Gasteiger charge is 2.16. The Labute approximate surface area is 190 Å². The van der Waals surface area contributed by atoms with Crippen LogP contribution in [-0.2, 0) is 11.3 Å². The van der Waals surface area contributed by atoms with Gasteiger partial charge in [0.25, 0.3) is 5.91 Å². The molecule has 7 heteroatoms. The predicted octanol–water partition coefficient (Wildman–Crippen LogP) is 5.34. The number of anilines is 1. The van der Waals surface area contributed by atoms with Gasteiger partial charge in [-0.15, -0.1) is 0 Å². The lowest BCUT2D eigenvalue weighted by molar-refractivity contribution is -0.114. The van der Waals surface area contributed by atoms with Crippen molar-refractivity contribution >= 4 is 17.5 Å². The van der Waals surface area contributed by atoms with Gasteiger partial charge in [-0.2, -0.15) is 0 Å². The summed E-state index contributed by atoms with van der Waals surface area (Å²) >= 11 is 0. The van der Waals surface area contributed by atoms with Gasteiger partial charge in [0, 0.05) is 18.1 Å². The van der Waals surface area contributed by atoms with E-state index in [-0.39, 0.29) is 24.2 Å². The zero-order valence-corrected chi connectivity index (χ0v) is 18.2. The summed E-state index contributed by atoms with van der Waals surface area (Å²) in [7, 11) is 0. The first-order chi connectivity index (χ1) is 15.9.